The Bertz CT molecular complexity index is 812. The fourth-order valence-corrected chi connectivity index (χ4v) is 3.03. The third kappa shape index (κ3) is 3.25. The highest BCUT2D eigenvalue weighted by atomic mass is 16.6. The number of methoxy groups -OCH3 is 1. The highest BCUT2D eigenvalue weighted by Gasteiger charge is 2.34. The quantitative estimate of drug-likeness (QED) is 0.470. The van der Waals surface area contributed by atoms with E-state index < -0.39 is 10.9 Å². The average Bonchev–Trinajstić information content (AvgIpc) is 3.10. The molecule has 1 saturated heterocycles. The molecule has 3 heterocycles. The Kier molecular flexibility index (Phi) is 4.55. The molecule has 1 unspecified atom stereocenters. The van der Waals surface area contributed by atoms with E-state index in [1.165, 1.54) is 13.2 Å². The van der Waals surface area contributed by atoms with Gasteiger partial charge in [-0.25, -0.2) is 9.78 Å². The number of pyridine rings is 1. The lowest BCUT2D eigenvalue weighted by molar-refractivity contribution is -0.384. The number of esters is 1. The summed E-state index contributed by atoms with van der Waals surface area (Å²) in [5, 5.41) is 11.6. The van der Waals surface area contributed by atoms with Crippen LogP contribution in [0.2, 0.25) is 0 Å². The molecular weight excluding hydrogens is 326 g/mol. The lowest BCUT2D eigenvalue weighted by atomic mass is 10.1. The maximum absolute atomic E-state index is 12.0. The van der Waals surface area contributed by atoms with Crippen LogP contribution in [0.4, 0.5) is 11.5 Å². The Balaban J connectivity index is 1.98. The number of aryl methyl sites for hydroxylation is 1. The zero-order valence-corrected chi connectivity index (χ0v) is 13.9. The van der Waals surface area contributed by atoms with E-state index in [2.05, 4.69) is 19.7 Å². The number of hydrogen-bond acceptors (Lipinski definition) is 8. The van der Waals surface area contributed by atoms with Crippen molar-refractivity contribution in [3.05, 3.63) is 51.7 Å². The van der Waals surface area contributed by atoms with Crippen molar-refractivity contribution < 1.29 is 14.5 Å². The van der Waals surface area contributed by atoms with Gasteiger partial charge in [0.15, 0.2) is 0 Å². The fraction of sp³-hybridized carbons (Fsp3) is 0.375. The van der Waals surface area contributed by atoms with Gasteiger partial charge in [-0.2, -0.15) is 0 Å². The van der Waals surface area contributed by atoms with Gasteiger partial charge in [0.1, 0.15) is 5.56 Å². The smallest absolute Gasteiger partial charge is 0.345 e. The molecule has 1 aliphatic heterocycles. The summed E-state index contributed by atoms with van der Waals surface area (Å²) in [5.41, 5.74) is 0.952. The Labute approximate surface area is 143 Å². The minimum absolute atomic E-state index is 0.0852. The molecule has 2 aromatic heterocycles. The highest BCUT2D eigenvalue weighted by Crippen LogP contribution is 2.36. The second-order valence-electron chi connectivity index (χ2n) is 5.79. The van der Waals surface area contributed by atoms with E-state index in [0.717, 1.165) is 12.1 Å². The largest absolute Gasteiger partial charge is 0.465 e. The van der Waals surface area contributed by atoms with Crippen LogP contribution in [0, 0.1) is 17.0 Å². The topological polar surface area (TPSA) is 111 Å². The SMILES string of the molecule is COC(=O)c1cc(C)nc(N2CCC(c3cnccn3)C2)c1[N+](=O)[O-]. The van der Waals surface area contributed by atoms with E-state index in [4.69, 9.17) is 0 Å². The Morgan fingerprint density at radius 2 is 2.24 bits per heavy atom. The Hall–Kier alpha value is -3.10. The number of ether oxygens (including phenoxy) is 1. The number of anilines is 1. The van der Waals surface area contributed by atoms with Crippen LogP contribution < -0.4 is 4.90 Å². The van der Waals surface area contributed by atoms with Crippen molar-refractivity contribution in [2.45, 2.75) is 19.3 Å². The van der Waals surface area contributed by atoms with Crippen LogP contribution in [0.15, 0.2) is 24.7 Å². The molecule has 3 rings (SSSR count). The van der Waals surface area contributed by atoms with Crippen molar-refractivity contribution in [1.29, 1.82) is 0 Å². The van der Waals surface area contributed by atoms with Gasteiger partial charge in [0.25, 0.3) is 0 Å². The molecule has 0 spiro atoms. The van der Waals surface area contributed by atoms with Crippen molar-refractivity contribution in [2.24, 2.45) is 0 Å². The first kappa shape index (κ1) is 16.7. The molecule has 2 aromatic rings. The molecule has 0 aromatic carbocycles. The maximum atomic E-state index is 12.0. The molecule has 1 fully saturated rings. The van der Waals surface area contributed by atoms with E-state index in [0.29, 0.717) is 18.8 Å². The van der Waals surface area contributed by atoms with Gasteiger partial charge in [0.05, 0.1) is 17.7 Å². The van der Waals surface area contributed by atoms with Crippen LogP contribution in [0.5, 0.6) is 0 Å². The third-order valence-electron chi connectivity index (χ3n) is 4.18. The zero-order chi connectivity index (χ0) is 18.0. The van der Waals surface area contributed by atoms with Crippen LogP contribution >= 0.6 is 0 Å². The Morgan fingerprint density at radius 1 is 1.44 bits per heavy atom. The van der Waals surface area contributed by atoms with Crippen molar-refractivity contribution >= 4 is 17.5 Å². The summed E-state index contributed by atoms with van der Waals surface area (Å²) in [4.78, 5) is 37.5. The molecule has 0 radical (unpaired) electrons. The Morgan fingerprint density at radius 3 is 2.88 bits per heavy atom. The summed E-state index contributed by atoms with van der Waals surface area (Å²) < 4.78 is 4.68. The van der Waals surface area contributed by atoms with E-state index >= 15 is 0 Å². The number of carbonyl (C=O) groups is 1. The van der Waals surface area contributed by atoms with E-state index in [9.17, 15) is 14.9 Å². The molecule has 1 aliphatic rings. The van der Waals surface area contributed by atoms with Gasteiger partial charge in [-0.05, 0) is 19.4 Å². The first-order chi connectivity index (χ1) is 12.0. The van der Waals surface area contributed by atoms with E-state index in [1.807, 2.05) is 4.90 Å². The standard InChI is InChI=1S/C16H17N5O4/c1-10-7-12(16(22)25-2)14(21(23)24)15(19-10)20-6-3-11(9-20)13-8-17-4-5-18-13/h4-5,7-8,11H,3,6,9H2,1-2H3. The van der Waals surface area contributed by atoms with Gasteiger partial charge >= 0.3 is 11.7 Å². The second-order valence-corrected chi connectivity index (χ2v) is 5.79. The number of rotatable bonds is 4. The lowest BCUT2D eigenvalue weighted by Crippen LogP contribution is -2.23. The van der Waals surface area contributed by atoms with Gasteiger partial charge in [-0.15, -0.1) is 0 Å². The number of aromatic nitrogens is 3. The summed E-state index contributed by atoms with van der Waals surface area (Å²) in [6, 6.07) is 1.38. The third-order valence-corrected chi connectivity index (χ3v) is 4.18. The van der Waals surface area contributed by atoms with Crippen molar-refractivity contribution in [1.82, 2.24) is 15.0 Å². The minimum Gasteiger partial charge on any atom is -0.465 e. The molecule has 0 N–H and O–H groups in total. The predicted molar refractivity (Wildman–Crippen MR) is 88.6 cm³/mol. The maximum Gasteiger partial charge on any atom is 0.345 e. The zero-order valence-electron chi connectivity index (χ0n) is 13.9. The molecule has 130 valence electrons. The van der Waals surface area contributed by atoms with E-state index in [-0.39, 0.29) is 23.0 Å². The summed E-state index contributed by atoms with van der Waals surface area (Å²) >= 11 is 0. The van der Waals surface area contributed by atoms with Gasteiger partial charge in [-0.1, -0.05) is 0 Å². The highest BCUT2D eigenvalue weighted by molar-refractivity contribution is 5.96. The van der Waals surface area contributed by atoms with Crippen LogP contribution in [-0.4, -0.2) is 46.0 Å². The minimum atomic E-state index is -0.747. The molecular formula is C16H17N5O4. The summed E-state index contributed by atoms with van der Waals surface area (Å²) in [6.45, 7) is 2.80. The molecule has 0 amide bonds. The summed E-state index contributed by atoms with van der Waals surface area (Å²) in [7, 11) is 1.20. The van der Waals surface area contributed by atoms with Crippen LogP contribution in [0.25, 0.3) is 0 Å². The predicted octanol–water partition coefficient (Wildman–Crippen LogP) is 1.87. The molecule has 0 saturated carbocycles. The summed E-state index contributed by atoms with van der Waals surface area (Å²) in [6.07, 6.45) is 5.71. The van der Waals surface area contributed by atoms with Gasteiger partial charge in [-0.3, -0.25) is 20.1 Å². The van der Waals surface area contributed by atoms with Crippen LogP contribution in [0.1, 0.15) is 34.1 Å². The van der Waals surface area contributed by atoms with Gasteiger partial charge in [0, 0.05) is 43.3 Å². The lowest BCUT2D eigenvalue weighted by Gasteiger charge is -2.19. The molecule has 25 heavy (non-hydrogen) atoms. The summed E-state index contributed by atoms with van der Waals surface area (Å²) in [5.74, 6) is -0.447. The van der Waals surface area contributed by atoms with Crippen molar-refractivity contribution in [3.63, 3.8) is 0 Å². The number of carbonyl (C=O) groups excluding carboxylic acids is 1. The number of nitrogens with zero attached hydrogens (tertiary/aromatic N) is 5. The molecule has 9 heteroatoms. The molecule has 9 nitrogen and oxygen atoms in total. The number of hydrogen-bond donors (Lipinski definition) is 0. The van der Waals surface area contributed by atoms with Crippen molar-refractivity contribution in [3.8, 4) is 0 Å². The molecule has 1 atom stereocenters. The normalized spacial score (nSPS) is 16.7. The second kappa shape index (κ2) is 6.80. The first-order valence-electron chi connectivity index (χ1n) is 7.76. The molecule has 0 bridgehead atoms. The van der Waals surface area contributed by atoms with Crippen LogP contribution in [0.3, 0.4) is 0 Å². The fourth-order valence-electron chi connectivity index (χ4n) is 3.03. The van der Waals surface area contributed by atoms with Gasteiger partial charge < -0.3 is 9.64 Å². The number of nitro groups is 1. The monoisotopic (exact) mass is 343 g/mol. The molecule has 0 aliphatic carbocycles. The first-order valence-corrected chi connectivity index (χ1v) is 7.76. The average molecular weight is 343 g/mol. The van der Waals surface area contributed by atoms with E-state index in [1.54, 1.807) is 25.5 Å². The van der Waals surface area contributed by atoms with Crippen LogP contribution in [-0.2, 0) is 4.74 Å². The van der Waals surface area contributed by atoms with Crippen molar-refractivity contribution in [2.75, 3.05) is 25.1 Å². The van der Waals surface area contributed by atoms with Gasteiger partial charge in [0.2, 0.25) is 5.82 Å².